The molecule has 0 aliphatic carbocycles. The summed E-state index contributed by atoms with van der Waals surface area (Å²) < 4.78 is 5.08. The molecule has 1 aromatic carbocycles. The normalized spacial score (nSPS) is 13.2. The second-order valence-electron chi connectivity index (χ2n) is 10.0. The highest BCUT2D eigenvalue weighted by Crippen LogP contribution is 2.15. The van der Waals surface area contributed by atoms with Gasteiger partial charge in [0.2, 0.25) is 23.6 Å². The number of carbonyl (C=O) groups is 5. The van der Waals surface area contributed by atoms with E-state index in [-0.39, 0.29) is 57.0 Å². The summed E-state index contributed by atoms with van der Waals surface area (Å²) in [6.45, 7) is 0.477. The average Bonchev–Trinajstić information content (AvgIpc) is 2.98. The highest BCUT2D eigenvalue weighted by molar-refractivity contribution is 14.1. The lowest BCUT2D eigenvalue weighted by Gasteiger charge is -2.25. The first-order chi connectivity index (χ1) is 21.2. The number of carboxylic acid groups (broad SMARTS) is 1. The van der Waals surface area contributed by atoms with Gasteiger partial charge in [0.15, 0.2) is 34.9 Å². The SMILES string of the molecule is N=C(N)NCCC[C@H](NC(=O)[C@H](CCC(N)=O)NC(=O)[C@@H](N)CCCNC(=N)N)C(=O)N[C@@H](Cc1ccc(OI)cc1)C(=O)O. The maximum atomic E-state index is 13.3. The highest BCUT2D eigenvalue weighted by Gasteiger charge is 2.30. The number of rotatable bonds is 21. The predicted octanol–water partition coefficient (Wildman–Crippen LogP) is -2.38. The Balaban J connectivity index is 3.06. The van der Waals surface area contributed by atoms with E-state index in [4.69, 9.17) is 36.8 Å². The zero-order valence-electron chi connectivity index (χ0n) is 24.6. The van der Waals surface area contributed by atoms with Gasteiger partial charge >= 0.3 is 5.97 Å². The fourth-order valence-corrected chi connectivity index (χ4v) is 4.26. The number of carbonyl (C=O) groups excluding carboxylic acids is 4. The van der Waals surface area contributed by atoms with Gasteiger partial charge in [0.1, 0.15) is 23.9 Å². The smallest absolute Gasteiger partial charge is 0.326 e. The van der Waals surface area contributed by atoms with Crippen LogP contribution in [0.25, 0.3) is 0 Å². The number of carboxylic acids is 1. The van der Waals surface area contributed by atoms with Crippen molar-refractivity contribution in [3.63, 3.8) is 0 Å². The fraction of sp³-hybridized carbons (Fsp3) is 0.500. The Morgan fingerprint density at radius 3 is 1.76 bits per heavy atom. The molecule has 1 rings (SSSR count). The maximum Gasteiger partial charge on any atom is 0.326 e. The number of halogens is 1. The summed E-state index contributed by atoms with van der Waals surface area (Å²) in [5, 5.41) is 36.9. The molecule has 4 amide bonds. The molecule has 0 radical (unpaired) electrons. The zero-order chi connectivity index (χ0) is 33.9. The largest absolute Gasteiger partial charge is 0.480 e. The van der Waals surface area contributed by atoms with Crippen LogP contribution in [0.2, 0.25) is 0 Å². The third-order valence-electron chi connectivity index (χ3n) is 6.34. The van der Waals surface area contributed by atoms with Gasteiger partial charge in [0.25, 0.3) is 0 Å². The van der Waals surface area contributed by atoms with Crippen molar-refractivity contribution in [2.75, 3.05) is 13.1 Å². The van der Waals surface area contributed by atoms with Crippen LogP contribution in [0, 0.1) is 10.8 Å². The van der Waals surface area contributed by atoms with Crippen LogP contribution >= 0.6 is 23.0 Å². The molecule has 0 unspecified atom stereocenters. The van der Waals surface area contributed by atoms with Gasteiger partial charge in [0, 0.05) is 25.9 Å². The maximum absolute atomic E-state index is 13.3. The van der Waals surface area contributed by atoms with E-state index in [1.54, 1.807) is 47.3 Å². The van der Waals surface area contributed by atoms with Crippen LogP contribution in [0.4, 0.5) is 0 Å². The van der Waals surface area contributed by atoms with Crippen molar-refractivity contribution in [1.82, 2.24) is 26.6 Å². The molecule has 4 atom stereocenters. The van der Waals surface area contributed by atoms with Gasteiger partial charge in [0.05, 0.1) is 6.04 Å². The van der Waals surface area contributed by atoms with Crippen LogP contribution in [0.15, 0.2) is 24.3 Å². The minimum absolute atomic E-state index is 0.00500. The molecule has 19 heteroatoms. The lowest BCUT2D eigenvalue weighted by Crippen LogP contribution is -2.57. The molecular formula is C26H42IN11O7. The topological polar surface area (TPSA) is 327 Å². The molecular weight excluding hydrogens is 705 g/mol. The van der Waals surface area contributed by atoms with Crippen LogP contribution in [-0.4, -0.2) is 83.9 Å². The van der Waals surface area contributed by atoms with Crippen LogP contribution < -0.4 is 52.6 Å². The summed E-state index contributed by atoms with van der Waals surface area (Å²) >= 11 is 1.71. The molecule has 0 aliphatic rings. The lowest BCUT2D eigenvalue weighted by atomic mass is 10.0. The standard InChI is InChI=1S/C26H42IN11O7/c27-45-15-7-5-14(6-8-15)13-19(24(43)44)38-22(41)17(4-2-12-35-26(32)33)37-23(42)18(9-10-20(29)39)36-21(40)16(28)3-1-11-34-25(30)31/h5-8,16-19H,1-4,9-13,28H2,(H2,29,39)(H,36,40)(H,37,42)(H,38,41)(H,43,44)(H4,30,31,34)(H4,32,33,35)/t16-,17-,18-,19-/m0/s1. The van der Waals surface area contributed by atoms with E-state index in [9.17, 15) is 29.1 Å². The number of benzene rings is 1. The first-order valence-corrected chi connectivity index (χ1v) is 14.8. The Morgan fingerprint density at radius 2 is 1.27 bits per heavy atom. The number of nitrogens with two attached hydrogens (primary N) is 4. The highest BCUT2D eigenvalue weighted by atomic mass is 127. The van der Waals surface area contributed by atoms with Gasteiger partial charge in [-0.25, -0.2) is 4.79 Å². The second-order valence-corrected chi connectivity index (χ2v) is 10.5. The fourth-order valence-electron chi connectivity index (χ4n) is 3.97. The Labute approximate surface area is 274 Å². The number of hydrogen-bond donors (Lipinski definition) is 12. The van der Waals surface area contributed by atoms with Crippen LogP contribution in [0.1, 0.15) is 44.1 Å². The Bertz CT molecular complexity index is 1190. The van der Waals surface area contributed by atoms with E-state index in [1.165, 1.54) is 0 Å². The molecule has 45 heavy (non-hydrogen) atoms. The van der Waals surface area contributed by atoms with Crippen molar-refractivity contribution in [1.29, 1.82) is 10.8 Å². The minimum atomic E-state index is -1.35. The molecule has 0 bridgehead atoms. The van der Waals surface area contributed by atoms with Crippen molar-refractivity contribution in [2.24, 2.45) is 22.9 Å². The van der Waals surface area contributed by atoms with E-state index >= 15 is 0 Å². The van der Waals surface area contributed by atoms with Gasteiger partial charge in [-0.3, -0.25) is 30.0 Å². The monoisotopic (exact) mass is 747 g/mol. The molecule has 0 saturated heterocycles. The molecule has 250 valence electrons. The Kier molecular flexibility index (Phi) is 17.6. The molecule has 0 aromatic heterocycles. The summed E-state index contributed by atoms with van der Waals surface area (Å²) in [6, 6.07) is 1.64. The van der Waals surface area contributed by atoms with E-state index in [0.717, 1.165) is 0 Å². The average molecular weight is 748 g/mol. The summed E-state index contributed by atoms with van der Waals surface area (Å²) in [5.41, 5.74) is 22.3. The molecule has 0 saturated carbocycles. The van der Waals surface area contributed by atoms with Crippen molar-refractivity contribution in [3.05, 3.63) is 29.8 Å². The molecule has 18 nitrogen and oxygen atoms in total. The summed E-state index contributed by atoms with van der Waals surface area (Å²) in [7, 11) is 0. The molecule has 16 N–H and O–H groups in total. The summed E-state index contributed by atoms with van der Waals surface area (Å²) in [4.78, 5) is 62.9. The number of guanidine groups is 2. The van der Waals surface area contributed by atoms with Crippen LogP contribution in [-0.2, 0) is 30.4 Å². The van der Waals surface area contributed by atoms with E-state index < -0.39 is 53.8 Å². The summed E-state index contributed by atoms with van der Waals surface area (Å²) in [5.74, 6) is -4.33. The number of amides is 4. The second kappa shape index (κ2) is 20.5. The van der Waals surface area contributed by atoms with Gasteiger partial charge in [-0.15, -0.1) is 0 Å². The van der Waals surface area contributed by atoms with E-state index in [0.29, 0.717) is 24.3 Å². The Hall–Kier alpha value is -4.40. The van der Waals surface area contributed by atoms with E-state index in [1.807, 2.05) is 0 Å². The van der Waals surface area contributed by atoms with Crippen LogP contribution in [0.3, 0.4) is 0 Å². The first kappa shape index (κ1) is 38.6. The number of hydrogen-bond acceptors (Lipinski definition) is 9. The van der Waals surface area contributed by atoms with Gasteiger partial charge in [-0.1, -0.05) is 12.1 Å². The van der Waals surface area contributed by atoms with Crippen LogP contribution in [0.5, 0.6) is 5.75 Å². The first-order valence-electron chi connectivity index (χ1n) is 13.9. The molecule has 0 spiro atoms. The molecule has 0 fully saturated rings. The van der Waals surface area contributed by atoms with Crippen molar-refractivity contribution < 1.29 is 32.1 Å². The van der Waals surface area contributed by atoms with Crippen molar-refractivity contribution in [3.8, 4) is 5.75 Å². The van der Waals surface area contributed by atoms with Gasteiger partial charge in [-0.05, 0) is 49.8 Å². The van der Waals surface area contributed by atoms with E-state index in [2.05, 4.69) is 26.6 Å². The number of primary amides is 1. The number of aliphatic carboxylic acids is 1. The van der Waals surface area contributed by atoms with Crippen molar-refractivity contribution in [2.45, 2.75) is 69.1 Å². The third kappa shape index (κ3) is 16.3. The minimum Gasteiger partial charge on any atom is -0.480 e. The van der Waals surface area contributed by atoms with Crippen molar-refractivity contribution >= 4 is 64.5 Å². The molecule has 0 heterocycles. The zero-order valence-corrected chi connectivity index (χ0v) is 26.7. The quantitative estimate of drug-likeness (QED) is 0.0272. The number of nitrogens with one attached hydrogen (secondary N) is 7. The lowest BCUT2D eigenvalue weighted by molar-refractivity contribution is -0.142. The Morgan fingerprint density at radius 1 is 0.778 bits per heavy atom. The molecule has 1 aromatic rings. The predicted molar refractivity (Wildman–Crippen MR) is 173 cm³/mol. The summed E-state index contributed by atoms with van der Waals surface area (Å²) in [6.07, 6.45) is 0.305. The van der Waals surface area contributed by atoms with Gasteiger partial charge < -0.3 is 57.7 Å². The third-order valence-corrected chi connectivity index (χ3v) is 6.85. The molecule has 0 aliphatic heterocycles. The van der Waals surface area contributed by atoms with Gasteiger partial charge in [-0.2, -0.15) is 0 Å².